The number of benzene rings is 1. The van der Waals surface area contributed by atoms with Gasteiger partial charge in [-0.2, -0.15) is 0 Å². The first-order valence-electron chi connectivity index (χ1n) is 6.25. The number of nitrogens with one attached hydrogen (secondary N) is 1. The van der Waals surface area contributed by atoms with E-state index >= 15 is 0 Å². The number of ether oxygens (including phenoxy) is 1. The van der Waals surface area contributed by atoms with E-state index in [-0.39, 0.29) is 17.6 Å². The van der Waals surface area contributed by atoms with Crippen molar-refractivity contribution in [3.05, 3.63) is 23.8 Å². The van der Waals surface area contributed by atoms with Gasteiger partial charge in [0.25, 0.3) is 0 Å². The molecule has 2 N–H and O–H groups in total. The lowest BCUT2D eigenvalue weighted by atomic mass is 10.1. The number of methoxy groups -OCH3 is 1. The number of phenolic OH excluding ortho intramolecular Hbond substituents is 1. The van der Waals surface area contributed by atoms with Crippen molar-refractivity contribution in [2.45, 2.75) is 13.5 Å². The zero-order valence-electron chi connectivity index (χ0n) is 11.9. The second-order valence-electron chi connectivity index (χ2n) is 4.66. The molecule has 1 atom stereocenters. The van der Waals surface area contributed by atoms with Crippen molar-refractivity contribution >= 4 is 5.91 Å². The summed E-state index contributed by atoms with van der Waals surface area (Å²) >= 11 is 0. The molecule has 0 heterocycles. The normalized spacial score (nSPS) is 12.0. The van der Waals surface area contributed by atoms with Gasteiger partial charge < -0.3 is 20.1 Å². The number of hydrogen-bond donors (Lipinski definition) is 2. The summed E-state index contributed by atoms with van der Waals surface area (Å²) in [5, 5.41) is 12.5. The minimum atomic E-state index is -0.0611. The first kappa shape index (κ1) is 15.3. The third-order valence-electron chi connectivity index (χ3n) is 2.97. The number of amides is 1. The van der Waals surface area contributed by atoms with Gasteiger partial charge in [0, 0.05) is 26.1 Å². The molecule has 0 saturated heterocycles. The number of phenols is 1. The van der Waals surface area contributed by atoms with Gasteiger partial charge in [-0.3, -0.25) is 4.79 Å². The number of hydrogen-bond acceptors (Lipinski definition) is 4. The Kier molecular flexibility index (Phi) is 5.63. The Bertz CT molecular complexity index is 435. The second kappa shape index (κ2) is 6.99. The number of rotatable bonds is 6. The molecule has 19 heavy (non-hydrogen) atoms. The molecule has 0 radical (unpaired) electrons. The molecule has 0 spiro atoms. The molecule has 0 aliphatic carbocycles. The molecular weight excluding hydrogens is 244 g/mol. The van der Waals surface area contributed by atoms with Gasteiger partial charge in [0.15, 0.2) is 11.5 Å². The van der Waals surface area contributed by atoms with Crippen LogP contribution in [0.15, 0.2) is 18.2 Å². The second-order valence-corrected chi connectivity index (χ2v) is 4.66. The van der Waals surface area contributed by atoms with Gasteiger partial charge in [0.05, 0.1) is 7.11 Å². The molecule has 1 unspecified atom stereocenters. The van der Waals surface area contributed by atoms with Crippen LogP contribution in [-0.4, -0.2) is 43.7 Å². The van der Waals surface area contributed by atoms with Gasteiger partial charge in [-0.05, 0) is 24.7 Å². The first-order valence-corrected chi connectivity index (χ1v) is 6.25. The topological polar surface area (TPSA) is 61.8 Å². The zero-order valence-corrected chi connectivity index (χ0v) is 11.9. The van der Waals surface area contributed by atoms with E-state index in [1.807, 2.05) is 14.0 Å². The average Bonchev–Trinajstić information content (AvgIpc) is 2.40. The van der Waals surface area contributed by atoms with Crippen LogP contribution in [0.25, 0.3) is 0 Å². The fraction of sp³-hybridized carbons (Fsp3) is 0.500. The van der Waals surface area contributed by atoms with Crippen molar-refractivity contribution in [3.63, 3.8) is 0 Å². The molecule has 0 fully saturated rings. The van der Waals surface area contributed by atoms with Crippen LogP contribution in [-0.2, 0) is 11.3 Å². The molecule has 1 aromatic carbocycles. The van der Waals surface area contributed by atoms with Crippen LogP contribution in [0, 0.1) is 5.92 Å². The van der Waals surface area contributed by atoms with Crippen LogP contribution in [0.2, 0.25) is 0 Å². The zero-order chi connectivity index (χ0) is 14.4. The van der Waals surface area contributed by atoms with Gasteiger partial charge in [0.1, 0.15) is 0 Å². The third-order valence-corrected chi connectivity index (χ3v) is 2.97. The quantitative estimate of drug-likeness (QED) is 0.812. The number of aromatic hydroxyl groups is 1. The molecule has 5 nitrogen and oxygen atoms in total. The lowest BCUT2D eigenvalue weighted by Crippen LogP contribution is -2.35. The summed E-state index contributed by atoms with van der Waals surface area (Å²) in [6.07, 6.45) is 0. The van der Waals surface area contributed by atoms with Gasteiger partial charge in [0.2, 0.25) is 5.91 Å². The smallest absolute Gasteiger partial charge is 0.226 e. The third kappa shape index (κ3) is 4.13. The van der Waals surface area contributed by atoms with Crippen LogP contribution in [0.3, 0.4) is 0 Å². The highest BCUT2D eigenvalue weighted by atomic mass is 16.5. The highest BCUT2D eigenvalue weighted by Gasteiger charge is 2.17. The molecule has 0 saturated carbocycles. The molecule has 0 aliphatic heterocycles. The lowest BCUT2D eigenvalue weighted by molar-refractivity contribution is -0.134. The number of carbonyl (C=O) groups excluding carboxylic acids is 1. The highest BCUT2D eigenvalue weighted by molar-refractivity contribution is 5.78. The Morgan fingerprint density at radius 2 is 2.21 bits per heavy atom. The summed E-state index contributed by atoms with van der Waals surface area (Å²) in [4.78, 5) is 13.7. The molecule has 5 heteroatoms. The Hall–Kier alpha value is -1.75. The van der Waals surface area contributed by atoms with Crippen LogP contribution >= 0.6 is 0 Å². The fourth-order valence-electron chi connectivity index (χ4n) is 1.94. The standard InChI is InChI=1S/C14H22N2O3/c1-10(8-15-2)14(18)16(3)9-11-5-6-12(17)13(7-11)19-4/h5-7,10,15,17H,8-9H2,1-4H3. The fourth-order valence-corrected chi connectivity index (χ4v) is 1.94. The number of carbonyl (C=O) groups is 1. The summed E-state index contributed by atoms with van der Waals surface area (Å²) < 4.78 is 5.05. The van der Waals surface area contributed by atoms with E-state index in [4.69, 9.17) is 4.74 Å². The van der Waals surface area contributed by atoms with Crippen molar-refractivity contribution in [1.29, 1.82) is 0 Å². The molecular formula is C14H22N2O3. The maximum Gasteiger partial charge on any atom is 0.226 e. The van der Waals surface area contributed by atoms with E-state index in [0.29, 0.717) is 18.8 Å². The minimum Gasteiger partial charge on any atom is -0.504 e. The van der Waals surface area contributed by atoms with Gasteiger partial charge >= 0.3 is 0 Å². The van der Waals surface area contributed by atoms with Crippen molar-refractivity contribution in [3.8, 4) is 11.5 Å². The van der Waals surface area contributed by atoms with Crippen molar-refractivity contribution in [2.24, 2.45) is 5.92 Å². The van der Waals surface area contributed by atoms with E-state index in [1.54, 1.807) is 30.1 Å². The van der Waals surface area contributed by atoms with E-state index < -0.39 is 0 Å². The maximum atomic E-state index is 12.1. The van der Waals surface area contributed by atoms with E-state index in [2.05, 4.69) is 5.32 Å². The van der Waals surface area contributed by atoms with E-state index in [0.717, 1.165) is 5.56 Å². The highest BCUT2D eigenvalue weighted by Crippen LogP contribution is 2.26. The predicted octanol–water partition coefficient (Wildman–Crippen LogP) is 1.21. The Balaban J connectivity index is 2.71. The Morgan fingerprint density at radius 1 is 1.53 bits per heavy atom. The lowest BCUT2D eigenvalue weighted by Gasteiger charge is -2.21. The average molecular weight is 266 g/mol. The minimum absolute atomic E-state index is 0.0611. The molecule has 0 bridgehead atoms. The molecule has 1 aromatic rings. The molecule has 106 valence electrons. The van der Waals surface area contributed by atoms with Crippen LogP contribution in [0.1, 0.15) is 12.5 Å². The van der Waals surface area contributed by atoms with Gasteiger partial charge in [-0.25, -0.2) is 0 Å². The van der Waals surface area contributed by atoms with E-state index in [1.165, 1.54) is 7.11 Å². The summed E-state index contributed by atoms with van der Waals surface area (Å²) in [5.41, 5.74) is 0.919. The monoisotopic (exact) mass is 266 g/mol. The Labute approximate surface area is 114 Å². The Morgan fingerprint density at radius 3 is 2.79 bits per heavy atom. The predicted molar refractivity (Wildman–Crippen MR) is 74.2 cm³/mol. The van der Waals surface area contributed by atoms with E-state index in [9.17, 15) is 9.90 Å². The molecule has 0 aliphatic rings. The summed E-state index contributed by atoms with van der Waals surface area (Å²) in [5.74, 6) is 0.542. The molecule has 0 aromatic heterocycles. The number of nitrogens with zero attached hydrogens (tertiary/aromatic N) is 1. The summed E-state index contributed by atoms with van der Waals surface area (Å²) in [6, 6.07) is 5.09. The van der Waals surface area contributed by atoms with Crippen molar-refractivity contribution in [1.82, 2.24) is 10.2 Å². The van der Waals surface area contributed by atoms with Crippen molar-refractivity contribution in [2.75, 3.05) is 27.7 Å². The first-order chi connectivity index (χ1) is 8.99. The van der Waals surface area contributed by atoms with Gasteiger partial charge in [-0.15, -0.1) is 0 Å². The van der Waals surface area contributed by atoms with Crippen LogP contribution in [0.4, 0.5) is 0 Å². The maximum absolute atomic E-state index is 12.1. The summed E-state index contributed by atoms with van der Waals surface area (Å²) in [6.45, 7) is 3.04. The molecule has 1 amide bonds. The van der Waals surface area contributed by atoms with Gasteiger partial charge in [-0.1, -0.05) is 13.0 Å². The SMILES string of the molecule is CNCC(C)C(=O)N(C)Cc1ccc(O)c(OC)c1. The molecule has 1 rings (SSSR count). The largest absolute Gasteiger partial charge is 0.504 e. The van der Waals surface area contributed by atoms with Crippen molar-refractivity contribution < 1.29 is 14.6 Å². The summed E-state index contributed by atoms with van der Waals surface area (Å²) in [7, 11) is 5.10. The van der Waals surface area contributed by atoms with Crippen LogP contribution in [0.5, 0.6) is 11.5 Å². The van der Waals surface area contributed by atoms with Crippen LogP contribution < -0.4 is 10.1 Å².